The summed E-state index contributed by atoms with van der Waals surface area (Å²) < 4.78 is 50.6. The summed E-state index contributed by atoms with van der Waals surface area (Å²) in [5.74, 6) is -1.99. The van der Waals surface area contributed by atoms with Crippen LogP contribution in [0.3, 0.4) is 0 Å². The fourth-order valence-corrected chi connectivity index (χ4v) is 3.35. The molecule has 1 atom stereocenters. The summed E-state index contributed by atoms with van der Waals surface area (Å²) in [4.78, 5) is 4.53. The summed E-state index contributed by atoms with van der Waals surface area (Å²) >= 11 is -2.37. The molecular formula is C19H11F2N3Na2O3S. The number of hydrogen-bond donors (Lipinski definition) is 0. The van der Waals surface area contributed by atoms with Gasteiger partial charge in [0.15, 0.2) is 5.65 Å². The maximum atomic E-state index is 14.3. The average Bonchev–Trinajstić information content (AvgIpc) is 2.98. The van der Waals surface area contributed by atoms with Crippen LogP contribution in [-0.2, 0) is 11.1 Å². The van der Waals surface area contributed by atoms with E-state index >= 15 is 0 Å². The van der Waals surface area contributed by atoms with Crippen molar-refractivity contribution in [2.24, 2.45) is 0 Å². The first-order valence-electron chi connectivity index (χ1n) is 8.07. The van der Waals surface area contributed by atoms with Gasteiger partial charge < -0.3 is 9.66 Å². The quantitative estimate of drug-likeness (QED) is 0.247. The van der Waals surface area contributed by atoms with E-state index < -0.39 is 28.6 Å². The van der Waals surface area contributed by atoms with E-state index in [1.54, 1.807) is 6.92 Å². The Kier molecular flexibility index (Phi) is 8.34. The first-order chi connectivity index (χ1) is 13.3. The summed E-state index contributed by atoms with van der Waals surface area (Å²) in [5.41, 5.74) is 1.65. The van der Waals surface area contributed by atoms with E-state index in [1.807, 2.05) is 0 Å². The largest absolute Gasteiger partial charge is 1.00 e. The molecule has 0 aliphatic heterocycles. The van der Waals surface area contributed by atoms with E-state index in [4.69, 9.17) is 0 Å². The molecule has 142 valence electrons. The van der Waals surface area contributed by atoms with Crippen molar-refractivity contribution < 1.29 is 81.8 Å². The van der Waals surface area contributed by atoms with Gasteiger partial charge in [-0.1, -0.05) is 12.1 Å². The number of aryl methyl sites for hydroxylation is 1. The third-order valence-electron chi connectivity index (χ3n) is 4.27. The van der Waals surface area contributed by atoms with Crippen LogP contribution >= 0.6 is 0 Å². The van der Waals surface area contributed by atoms with Gasteiger partial charge in [0.1, 0.15) is 11.6 Å². The molecule has 4 aromatic rings. The van der Waals surface area contributed by atoms with E-state index in [-0.39, 0.29) is 86.5 Å². The molecule has 2 aromatic heterocycles. The molecule has 2 heterocycles. The maximum absolute atomic E-state index is 14.3. The minimum Gasteiger partial charge on any atom is -0.858 e. The Bertz CT molecular complexity index is 1250. The fraction of sp³-hybridized carbons (Fsp3) is 0.0526. The molecule has 0 spiro atoms. The standard InChI is InChI=1S/C19H13F2N3O3S.2Na/c1-10-18(14-7-4-12(20)8-15(14)21)19-22-16(9-17(25)24(19)23-10)11-2-5-13(6-3-11)28(26)27;;/h2-9,25H,1H3,(H,26,27);;/q;2*+1/p-2. The van der Waals surface area contributed by atoms with Gasteiger partial charge in [-0.05, 0) is 54.2 Å². The monoisotopic (exact) mass is 445 g/mol. The van der Waals surface area contributed by atoms with Crippen LogP contribution in [0, 0.1) is 18.6 Å². The second-order valence-electron chi connectivity index (χ2n) is 6.06. The smallest absolute Gasteiger partial charge is 0.858 e. The number of aromatic nitrogens is 3. The van der Waals surface area contributed by atoms with Gasteiger partial charge in [0, 0.05) is 22.1 Å². The Hall–Kier alpha value is -1.17. The molecule has 0 radical (unpaired) electrons. The van der Waals surface area contributed by atoms with Crippen molar-refractivity contribution >= 4 is 16.7 Å². The first-order valence-corrected chi connectivity index (χ1v) is 9.15. The average molecular weight is 445 g/mol. The summed E-state index contributed by atoms with van der Waals surface area (Å²) in [7, 11) is 0. The van der Waals surface area contributed by atoms with Crippen LogP contribution in [0.15, 0.2) is 53.4 Å². The molecule has 0 aliphatic rings. The molecular weight excluding hydrogens is 434 g/mol. The summed E-state index contributed by atoms with van der Waals surface area (Å²) in [6.45, 7) is 1.60. The Morgan fingerprint density at radius 1 is 1.03 bits per heavy atom. The molecule has 0 fully saturated rings. The van der Waals surface area contributed by atoms with Gasteiger partial charge in [-0.25, -0.2) is 18.3 Å². The Morgan fingerprint density at radius 3 is 2.30 bits per heavy atom. The third kappa shape index (κ3) is 4.68. The molecule has 30 heavy (non-hydrogen) atoms. The van der Waals surface area contributed by atoms with Gasteiger partial charge in [-0.3, -0.25) is 4.21 Å². The molecule has 0 aliphatic carbocycles. The minimum absolute atomic E-state index is 0. The van der Waals surface area contributed by atoms with Gasteiger partial charge in [0.2, 0.25) is 0 Å². The zero-order valence-electron chi connectivity index (χ0n) is 16.3. The van der Waals surface area contributed by atoms with Gasteiger partial charge in [0.25, 0.3) is 0 Å². The number of hydrogen-bond acceptors (Lipinski definition) is 5. The number of rotatable bonds is 3. The number of benzene rings is 2. The van der Waals surface area contributed by atoms with Crippen LogP contribution in [0.2, 0.25) is 0 Å². The van der Waals surface area contributed by atoms with Crippen LogP contribution in [-0.4, -0.2) is 23.4 Å². The molecule has 11 heteroatoms. The number of halogens is 2. The van der Waals surface area contributed by atoms with Crippen molar-refractivity contribution in [2.45, 2.75) is 11.8 Å². The molecule has 2 aromatic carbocycles. The van der Waals surface area contributed by atoms with E-state index in [1.165, 1.54) is 36.4 Å². The van der Waals surface area contributed by atoms with E-state index in [9.17, 15) is 22.6 Å². The number of fused-ring (bicyclic) bond motifs is 1. The molecule has 0 saturated carbocycles. The normalized spacial score (nSPS) is 11.6. The van der Waals surface area contributed by atoms with Gasteiger partial charge >= 0.3 is 59.1 Å². The van der Waals surface area contributed by atoms with Crippen molar-refractivity contribution in [1.82, 2.24) is 14.6 Å². The SMILES string of the molecule is Cc1nn2c([O-])cc(-c3ccc(S(=O)[O-])cc3)nc2c1-c1ccc(F)cc1F.[Na+].[Na+]. The molecule has 1 unspecified atom stereocenters. The third-order valence-corrected chi connectivity index (χ3v) is 4.93. The Labute approximate surface area is 217 Å². The van der Waals surface area contributed by atoms with Crippen LogP contribution in [0.5, 0.6) is 5.88 Å². The van der Waals surface area contributed by atoms with Crippen molar-refractivity contribution in [1.29, 1.82) is 0 Å². The molecule has 4 rings (SSSR count). The number of nitrogens with zero attached hydrogens (tertiary/aromatic N) is 3. The van der Waals surface area contributed by atoms with Crippen molar-refractivity contribution in [2.75, 3.05) is 0 Å². The Balaban J connectivity index is 0.00000160. The van der Waals surface area contributed by atoms with Crippen LogP contribution in [0.4, 0.5) is 8.78 Å². The van der Waals surface area contributed by atoms with E-state index in [0.29, 0.717) is 11.3 Å². The van der Waals surface area contributed by atoms with Crippen LogP contribution in [0.1, 0.15) is 5.69 Å². The van der Waals surface area contributed by atoms with Gasteiger partial charge in [-0.2, -0.15) is 5.10 Å². The van der Waals surface area contributed by atoms with Crippen molar-refractivity contribution in [3.63, 3.8) is 0 Å². The molecule has 0 saturated heterocycles. The minimum atomic E-state index is -2.37. The van der Waals surface area contributed by atoms with Gasteiger partial charge in [0.05, 0.1) is 17.0 Å². The summed E-state index contributed by atoms with van der Waals surface area (Å²) in [6, 6.07) is 10.2. The zero-order chi connectivity index (χ0) is 20.0. The molecule has 6 nitrogen and oxygen atoms in total. The van der Waals surface area contributed by atoms with Crippen LogP contribution in [0.25, 0.3) is 28.0 Å². The topological polar surface area (TPSA) is 93.4 Å². The van der Waals surface area contributed by atoms with Crippen LogP contribution < -0.4 is 64.2 Å². The fourth-order valence-electron chi connectivity index (χ4n) is 2.99. The molecule has 0 N–H and O–H groups in total. The van der Waals surface area contributed by atoms with Gasteiger partial charge in [-0.15, -0.1) is 0 Å². The second kappa shape index (κ2) is 9.97. The summed E-state index contributed by atoms with van der Waals surface area (Å²) in [5, 5.41) is 16.6. The second-order valence-corrected chi connectivity index (χ2v) is 7.00. The zero-order valence-corrected chi connectivity index (χ0v) is 21.2. The molecule has 0 amide bonds. The van der Waals surface area contributed by atoms with E-state index in [2.05, 4.69) is 10.1 Å². The van der Waals surface area contributed by atoms with E-state index in [0.717, 1.165) is 16.6 Å². The Morgan fingerprint density at radius 2 is 1.70 bits per heavy atom. The van der Waals surface area contributed by atoms with Crippen molar-refractivity contribution in [3.8, 4) is 28.3 Å². The summed E-state index contributed by atoms with van der Waals surface area (Å²) in [6.07, 6.45) is 0. The predicted molar refractivity (Wildman–Crippen MR) is 95.1 cm³/mol. The van der Waals surface area contributed by atoms with Crippen molar-refractivity contribution in [3.05, 3.63) is 65.9 Å². The maximum Gasteiger partial charge on any atom is 1.00 e. The first kappa shape index (κ1) is 25.1. The molecule has 0 bridgehead atoms. The predicted octanol–water partition coefficient (Wildman–Crippen LogP) is -3.03.